The number of nitrogens with zero attached hydrogens (tertiary/aromatic N) is 3. The Morgan fingerprint density at radius 1 is 1.50 bits per heavy atom. The lowest BCUT2D eigenvalue weighted by atomic mass is 10.2. The van der Waals surface area contributed by atoms with Crippen LogP contribution < -0.4 is 5.32 Å². The maximum atomic E-state index is 12.1. The van der Waals surface area contributed by atoms with E-state index in [0.29, 0.717) is 0 Å². The Labute approximate surface area is 116 Å². The van der Waals surface area contributed by atoms with E-state index in [2.05, 4.69) is 10.3 Å². The molecule has 3 rings (SSSR count). The topological polar surface area (TPSA) is 89.9 Å². The molecule has 8 heteroatoms. The summed E-state index contributed by atoms with van der Waals surface area (Å²) in [7, 11) is 3.71. The molecule has 1 unspecified atom stereocenters. The number of urea groups is 1. The number of amides is 2. The molecule has 3 heterocycles. The van der Waals surface area contributed by atoms with Crippen LogP contribution in [0.25, 0.3) is 0 Å². The molecule has 3 aliphatic rings. The third kappa shape index (κ3) is 2.37. The van der Waals surface area contributed by atoms with Crippen LogP contribution in [-0.2, 0) is 9.47 Å². The predicted octanol–water partition coefficient (Wildman–Crippen LogP) is -1.07. The first kappa shape index (κ1) is 13.3. The highest BCUT2D eigenvalue weighted by atomic mass is 16.7. The Morgan fingerprint density at radius 3 is 2.90 bits per heavy atom. The monoisotopic (exact) mass is 282 g/mol. The number of carbonyl (C=O) groups is 1. The van der Waals surface area contributed by atoms with Crippen LogP contribution in [0.1, 0.15) is 0 Å². The number of carbonyl (C=O) groups excluding carboxylic acids is 1. The molecule has 2 N–H and O–H groups in total. The van der Waals surface area contributed by atoms with Crippen molar-refractivity contribution in [2.75, 3.05) is 20.7 Å². The van der Waals surface area contributed by atoms with Crippen LogP contribution in [0.3, 0.4) is 0 Å². The molecule has 0 saturated carbocycles. The Balaban J connectivity index is 1.65. The molecule has 0 radical (unpaired) electrons. The average molecular weight is 282 g/mol. The lowest BCUT2D eigenvalue weighted by Gasteiger charge is -2.31. The van der Waals surface area contributed by atoms with E-state index in [1.54, 1.807) is 23.5 Å². The normalized spacial score (nSPS) is 39.0. The van der Waals surface area contributed by atoms with Gasteiger partial charge in [0.25, 0.3) is 0 Å². The molecule has 110 valence electrons. The molecule has 0 aliphatic carbocycles. The summed E-state index contributed by atoms with van der Waals surface area (Å²) in [4.78, 5) is 19.5. The van der Waals surface area contributed by atoms with E-state index < -0.39 is 6.23 Å². The zero-order valence-electron chi connectivity index (χ0n) is 11.3. The molecule has 20 heavy (non-hydrogen) atoms. The first-order valence-corrected chi connectivity index (χ1v) is 6.49. The van der Waals surface area contributed by atoms with E-state index in [1.807, 2.05) is 14.1 Å². The van der Waals surface area contributed by atoms with Gasteiger partial charge in [0.15, 0.2) is 6.23 Å². The maximum Gasteiger partial charge on any atom is 0.325 e. The minimum absolute atomic E-state index is 0.101. The van der Waals surface area contributed by atoms with Crippen molar-refractivity contribution in [3.05, 3.63) is 12.3 Å². The van der Waals surface area contributed by atoms with Gasteiger partial charge in [-0.15, -0.1) is 0 Å². The Hall–Kier alpha value is -1.64. The van der Waals surface area contributed by atoms with E-state index in [0.717, 1.165) is 0 Å². The number of rotatable bonds is 4. The summed E-state index contributed by atoms with van der Waals surface area (Å²) in [5.41, 5.74) is 0. The number of aliphatic hydroxyl groups is 1. The number of hydrogen-bond donors (Lipinski definition) is 2. The molecule has 2 fully saturated rings. The number of hydrogen-bond acceptors (Lipinski definition) is 5. The first-order valence-electron chi connectivity index (χ1n) is 6.49. The molecule has 0 aromatic heterocycles. The van der Waals surface area contributed by atoms with Crippen LogP contribution in [0.4, 0.5) is 4.79 Å². The average Bonchev–Trinajstić information content (AvgIpc) is 3.12. The molecule has 0 aromatic rings. The van der Waals surface area contributed by atoms with E-state index in [1.165, 1.54) is 4.90 Å². The van der Waals surface area contributed by atoms with Crippen LogP contribution in [0, 0.1) is 0 Å². The van der Waals surface area contributed by atoms with Gasteiger partial charge in [-0.05, 0) is 6.08 Å². The fraction of sp³-hybridized carbons (Fsp3) is 0.667. The highest BCUT2D eigenvalue weighted by Gasteiger charge is 2.60. The van der Waals surface area contributed by atoms with E-state index in [4.69, 9.17) is 14.6 Å². The van der Waals surface area contributed by atoms with Crippen molar-refractivity contribution in [2.45, 2.75) is 30.7 Å². The van der Waals surface area contributed by atoms with E-state index in [-0.39, 0.29) is 37.1 Å². The largest absolute Gasteiger partial charge is 0.394 e. The number of aliphatic imine (C=N–C) groups is 1. The zero-order chi connectivity index (χ0) is 14.3. The van der Waals surface area contributed by atoms with Crippen molar-refractivity contribution in [3.8, 4) is 0 Å². The van der Waals surface area contributed by atoms with Gasteiger partial charge in [0.05, 0.1) is 12.9 Å². The van der Waals surface area contributed by atoms with Crippen LogP contribution in [0.5, 0.6) is 0 Å². The predicted molar refractivity (Wildman–Crippen MR) is 69.9 cm³/mol. The number of fused-ring (bicyclic) bond motifs is 1. The van der Waals surface area contributed by atoms with Crippen molar-refractivity contribution < 1.29 is 19.4 Å². The second kappa shape index (κ2) is 5.04. The standard InChI is InChI=1S/C12H18N4O4/c1-15(2)6-13-8-3-4-16(12(18)14-8)11-10-9(20-10)7(5-17)19-11/h3-4,6-11,17H,5H2,1-2H3,(H,14,18)/t7-,8?,9-,10-,11-/m1/s1. The molecule has 2 saturated heterocycles. The first-order chi connectivity index (χ1) is 9.60. The zero-order valence-corrected chi connectivity index (χ0v) is 11.3. The van der Waals surface area contributed by atoms with Gasteiger partial charge in [-0.1, -0.05) is 0 Å². The van der Waals surface area contributed by atoms with Gasteiger partial charge in [-0.25, -0.2) is 9.79 Å². The molecule has 8 nitrogen and oxygen atoms in total. The van der Waals surface area contributed by atoms with E-state index >= 15 is 0 Å². The van der Waals surface area contributed by atoms with Gasteiger partial charge < -0.3 is 24.8 Å². The molecule has 2 amide bonds. The third-order valence-corrected chi connectivity index (χ3v) is 3.37. The second-order valence-corrected chi connectivity index (χ2v) is 5.18. The molecule has 0 aromatic carbocycles. The van der Waals surface area contributed by atoms with Crippen molar-refractivity contribution in [2.24, 2.45) is 4.99 Å². The summed E-state index contributed by atoms with van der Waals surface area (Å²) in [5, 5.41) is 11.9. The van der Waals surface area contributed by atoms with Crippen LogP contribution in [-0.4, -0.2) is 78.7 Å². The number of epoxide rings is 1. The minimum Gasteiger partial charge on any atom is -0.394 e. The molecule has 5 atom stereocenters. The fourth-order valence-electron chi connectivity index (χ4n) is 2.35. The van der Waals surface area contributed by atoms with Crippen molar-refractivity contribution >= 4 is 12.4 Å². The quantitative estimate of drug-likeness (QED) is 0.389. The maximum absolute atomic E-state index is 12.1. The highest BCUT2D eigenvalue weighted by molar-refractivity contribution is 5.77. The second-order valence-electron chi connectivity index (χ2n) is 5.18. The SMILES string of the molecule is CN(C)C=NC1C=CN([C@@H]2O[C@H](CO)[C@H]3O[C@H]32)C(=O)N1. The highest BCUT2D eigenvalue weighted by Crippen LogP contribution is 2.40. The van der Waals surface area contributed by atoms with Crippen molar-refractivity contribution in [1.82, 2.24) is 15.1 Å². The van der Waals surface area contributed by atoms with Crippen LogP contribution in [0.2, 0.25) is 0 Å². The molecule has 0 spiro atoms. The Kier molecular flexibility index (Phi) is 3.36. The van der Waals surface area contributed by atoms with Crippen LogP contribution in [0.15, 0.2) is 17.3 Å². The van der Waals surface area contributed by atoms with Gasteiger partial charge in [0, 0.05) is 20.3 Å². The number of nitrogens with one attached hydrogen (secondary N) is 1. The fourth-order valence-corrected chi connectivity index (χ4v) is 2.35. The molecular weight excluding hydrogens is 264 g/mol. The summed E-state index contributed by atoms with van der Waals surface area (Å²) in [6.07, 6.45) is 3.60. The molecule has 3 aliphatic heterocycles. The van der Waals surface area contributed by atoms with Gasteiger partial charge in [-0.2, -0.15) is 0 Å². The summed E-state index contributed by atoms with van der Waals surface area (Å²) in [6.45, 7) is -0.105. The Bertz CT molecular complexity index is 453. The van der Waals surface area contributed by atoms with Crippen LogP contribution >= 0.6 is 0 Å². The minimum atomic E-state index is -0.479. The summed E-state index contributed by atoms with van der Waals surface area (Å²) < 4.78 is 11.0. The lowest BCUT2D eigenvalue weighted by molar-refractivity contribution is -0.0933. The van der Waals surface area contributed by atoms with Gasteiger partial charge >= 0.3 is 6.03 Å². The van der Waals surface area contributed by atoms with Gasteiger partial charge in [0.2, 0.25) is 0 Å². The molecule has 0 bridgehead atoms. The van der Waals surface area contributed by atoms with Crippen molar-refractivity contribution in [1.29, 1.82) is 0 Å². The summed E-state index contributed by atoms with van der Waals surface area (Å²) in [5.74, 6) is 0. The smallest absolute Gasteiger partial charge is 0.325 e. The van der Waals surface area contributed by atoms with Crippen molar-refractivity contribution in [3.63, 3.8) is 0 Å². The third-order valence-electron chi connectivity index (χ3n) is 3.37. The lowest BCUT2D eigenvalue weighted by Crippen LogP contribution is -2.51. The number of ether oxygens (including phenoxy) is 2. The van der Waals surface area contributed by atoms with E-state index in [9.17, 15) is 4.79 Å². The summed E-state index contributed by atoms with van der Waals surface area (Å²) in [6, 6.07) is -0.286. The summed E-state index contributed by atoms with van der Waals surface area (Å²) >= 11 is 0. The molecular formula is C12H18N4O4. The Morgan fingerprint density at radius 2 is 2.30 bits per heavy atom. The number of aliphatic hydroxyl groups excluding tert-OH is 1. The van der Waals surface area contributed by atoms with Gasteiger partial charge in [-0.3, -0.25) is 4.90 Å². The van der Waals surface area contributed by atoms with Gasteiger partial charge in [0.1, 0.15) is 24.5 Å².